The zero-order valence-corrected chi connectivity index (χ0v) is 18.0. The van der Waals surface area contributed by atoms with Gasteiger partial charge in [-0.1, -0.05) is 42.8 Å². The summed E-state index contributed by atoms with van der Waals surface area (Å²) in [6, 6.07) is 17.6. The number of hydrogen-bond donors (Lipinski definition) is 1. The standard InChI is InChI=1S/C24H27ClN4O/c1-2-28-11-13-29(14-12-28)17-19-5-3-18(4-6-19)16-26-24(30)21-7-9-22-20(15-21)8-10-23(25)27-22/h3-10,15H,2,11-14,16-17H2,1H3,(H,26,30). The number of aromatic nitrogens is 1. The van der Waals surface area contributed by atoms with E-state index < -0.39 is 0 Å². The second-order valence-corrected chi connectivity index (χ2v) is 8.14. The van der Waals surface area contributed by atoms with Crippen molar-refractivity contribution in [2.75, 3.05) is 32.7 Å². The molecule has 5 nitrogen and oxygen atoms in total. The van der Waals surface area contributed by atoms with Crippen LogP contribution in [0.25, 0.3) is 10.9 Å². The Labute approximate surface area is 182 Å². The first-order chi connectivity index (χ1) is 14.6. The number of pyridine rings is 1. The van der Waals surface area contributed by atoms with Gasteiger partial charge in [0.15, 0.2) is 0 Å². The lowest BCUT2D eigenvalue weighted by atomic mass is 10.1. The molecule has 0 unspecified atom stereocenters. The molecule has 2 aromatic carbocycles. The number of fused-ring (bicyclic) bond motifs is 1. The number of nitrogens with zero attached hydrogens (tertiary/aromatic N) is 3. The molecular weight excluding hydrogens is 396 g/mol. The molecule has 4 rings (SSSR count). The maximum Gasteiger partial charge on any atom is 0.251 e. The first kappa shape index (κ1) is 20.8. The van der Waals surface area contributed by atoms with Crippen LogP contribution in [0.15, 0.2) is 54.6 Å². The molecule has 2 heterocycles. The third-order valence-electron chi connectivity index (χ3n) is 5.71. The summed E-state index contributed by atoms with van der Waals surface area (Å²) in [7, 11) is 0. The van der Waals surface area contributed by atoms with Gasteiger partial charge in [0.2, 0.25) is 0 Å². The van der Waals surface area contributed by atoms with E-state index in [1.54, 1.807) is 12.1 Å². The van der Waals surface area contributed by atoms with Crippen molar-refractivity contribution in [3.8, 4) is 0 Å². The summed E-state index contributed by atoms with van der Waals surface area (Å²) in [5.74, 6) is -0.0929. The van der Waals surface area contributed by atoms with E-state index in [0.29, 0.717) is 17.3 Å². The Kier molecular flexibility index (Phi) is 6.62. The highest BCUT2D eigenvalue weighted by atomic mass is 35.5. The third kappa shape index (κ3) is 5.17. The fraction of sp³-hybridized carbons (Fsp3) is 0.333. The van der Waals surface area contributed by atoms with Crippen molar-refractivity contribution in [1.82, 2.24) is 20.1 Å². The number of carbonyl (C=O) groups excluding carboxylic acids is 1. The number of carbonyl (C=O) groups is 1. The molecule has 1 N–H and O–H groups in total. The van der Waals surface area contributed by atoms with Gasteiger partial charge in [-0.25, -0.2) is 4.98 Å². The molecule has 1 saturated heterocycles. The highest BCUT2D eigenvalue weighted by Crippen LogP contribution is 2.17. The highest BCUT2D eigenvalue weighted by Gasteiger charge is 2.15. The lowest BCUT2D eigenvalue weighted by molar-refractivity contribution is 0.0951. The van der Waals surface area contributed by atoms with Crippen molar-refractivity contribution in [3.05, 3.63) is 76.4 Å². The molecule has 30 heavy (non-hydrogen) atoms. The van der Waals surface area contributed by atoms with Gasteiger partial charge in [-0.2, -0.15) is 0 Å². The van der Waals surface area contributed by atoms with Crippen LogP contribution in [0.4, 0.5) is 0 Å². The molecule has 156 valence electrons. The molecule has 6 heteroatoms. The minimum atomic E-state index is -0.0929. The largest absolute Gasteiger partial charge is 0.348 e. The van der Waals surface area contributed by atoms with Crippen molar-refractivity contribution in [2.45, 2.75) is 20.0 Å². The van der Waals surface area contributed by atoms with Gasteiger partial charge < -0.3 is 10.2 Å². The molecule has 1 amide bonds. The van der Waals surface area contributed by atoms with Crippen LogP contribution in [0.1, 0.15) is 28.4 Å². The molecular formula is C24H27ClN4O. The third-order valence-corrected chi connectivity index (χ3v) is 5.92. The van der Waals surface area contributed by atoms with E-state index in [0.717, 1.165) is 55.7 Å². The Morgan fingerprint density at radius 2 is 1.67 bits per heavy atom. The number of benzene rings is 2. The van der Waals surface area contributed by atoms with Crippen molar-refractivity contribution in [2.24, 2.45) is 0 Å². The molecule has 1 fully saturated rings. The number of piperazine rings is 1. The SMILES string of the molecule is CCN1CCN(Cc2ccc(CNC(=O)c3ccc4nc(Cl)ccc4c3)cc2)CC1. The van der Waals surface area contributed by atoms with Crippen molar-refractivity contribution < 1.29 is 4.79 Å². The molecule has 1 aromatic heterocycles. The maximum atomic E-state index is 12.5. The zero-order valence-electron chi connectivity index (χ0n) is 17.3. The van der Waals surface area contributed by atoms with Gasteiger partial charge in [0.05, 0.1) is 5.52 Å². The number of halogens is 1. The number of likely N-dealkylation sites (N-methyl/N-ethyl adjacent to an activating group) is 1. The topological polar surface area (TPSA) is 48.5 Å². The molecule has 0 atom stereocenters. The summed E-state index contributed by atoms with van der Waals surface area (Å²) in [5.41, 5.74) is 3.81. The van der Waals surface area contributed by atoms with Crippen LogP contribution >= 0.6 is 11.6 Å². The van der Waals surface area contributed by atoms with Gasteiger partial charge in [-0.05, 0) is 48.0 Å². The minimum absolute atomic E-state index is 0.0929. The molecule has 0 spiro atoms. The Morgan fingerprint density at radius 3 is 2.40 bits per heavy atom. The van der Waals surface area contributed by atoms with E-state index in [4.69, 9.17) is 11.6 Å². The zero-order chi connectivity index (χ0) is 20.9. The first-order valence-corrected chi connectivity index (χ1v) is 10.9. The second-order valence-electron chi connectivity index (χ2n) is 7.75. The predicted octanol–water partition coefficient (Wildman–Crippen LogP) is 3.96. The van der Waals surface area contributed by atoms with Crippen LogP contribution in [0.3, 0.4) is 0 Å². The van der Waals surface area contributed by atoms with E-state index in [9.17, 15) is 4.79 Å². The van der Waals surface area contributed by atoms with Crippen LogP contribution < -0.4 is 5.32 Å². The smallest absolute Gasteiger partial charge is 0.251 e. The van der Waals surface area contributed by atoms with Crippen LogP contribution in [-0.4, -0.2) is 53.4 Å². The summed E-state index contributed by atoms with van der Waals surface area (Å²) in [6.07, 6.45) is 0. The van der Waals surface area contributed by atoms with Gasteiger partial charge in [-0.15, -0.1) is 0 Å². The molecule has 0 bridgehead atoms. The second kappa shape index (κ2) is 9.56. The average molecular weight is 423 g/mol. The van der Waals surface area contributed by atoms with E-state index in [2.05, 4.69) is 51.3 Å². The number of nitrogens with one attached hydrogen (secondary N) is 1. The molecule has 3 aromatic rings. The molecule has 0 radical (unpaired) electrons. The Morgan fingerprint density at radius 1 is 0.967 bits per heavy atom. The molecule has 0 aliphatic carbocycles. The van der Waals surface area contributed by atoms with Crippen molar-refractivity contribution >= 4 is 28.4 Å². The van der Waals surface area contributed by atoms with Crippen LogP contribution in [0.5, 0.6) is 0 Å². The Balaban J connectivity index is 1.30. The van der Waals surface area contributed by atoms with E-state index in [1.807, 2.05) is 18.2 Å². The summed E-state index contributed by atoms with van der Waals surface area (Å²) in [6.45, 7) is 9.40. The normalized spacial score (nSPS) is 15.4. The quantitative estimate of drug-likeness (QED) is 0.611. The van der Waals surface area contributed by atoms with Crippen LogP contribution in [-0.2, 0) is 13.1 Å². The predicted molar refractivity (Wildman–Crippen MR) is 122 cm³/mol. The summed E-state index contributed by atoms with van der Waals surface area (Å²) < 4.78 is 0. The lowest BCUT2D eigenvalue weighted by Crippen LogP contribution is -2.45. The Hall–Kier alpha value is -2.47. The summed E-state index contributed by atoms with van der Waals surface area (Å²) >= 11 is 5.92. The van der Waals surface area contributed by atoms with Gasteiger partial charge in [-0.3, -0.25) is 9.69 Å². The minimum Gasteiger partial charge on any atom is -0.348 e. The molecule has 0 saturated carbocycles. The summed E-state index contributed by atoms with van der Waals surface area (Å²) in [5, 5.41) is 4.35. The fourth-order valence-corrected chi connectivity index (χ4v) is 3.96. The van der Waals surface area contributed by atoms with Gasteiger partial charge >= 0.3 is 0 Å². The van der Waals surface area contributed by atoms with Crippen molar-refractivity contribution in [3.63, 3.8) is 0 Å². The van der Waals surface area contributed by atoms with Crippen LogP contribution in [0, 0.1) is 0 Å². The number of hydrogen-bond acceptors (Lipinski definition) is 4. The Bertz CT molecular complexity index is 1010. The van der Waals surface area contributed by atoms with Gasteiger partial charge in [0.25, 0.3) is 5.91 Å². The van der Waals surface area contributed by atoms with E-state index >= 15 is 0 Å². The maximum absolute atomic E-state index is 12.5. The molecule has 1 aliphatic heterocycles. The molecule has 1 aliphatic rings. The summed E-state index contributed by atoms with van der Waals surface area (Å²) in [4.78, 5) is 21.8. The van der Waals surface area contributed by atoms with E-state index in [-0.39, 0.29) is 5.91 Å². The average Bonchev–Trinajstić information content (AvgIpc) is 2.78. The van der Waals surface area contributed by atoms with E-state index in [1.165, 1.54) is 5.56 Å². The number of rotatable bonds is 6. The van der Waals surface area contributed by atoms with Gasteiger partial charge in [0.1, 0.15) is 5.15 Å². The van der Waals surface area contributed by atoms with Gasteiger partial charge in [0, 0.05) is 50.2 Å². The lowest BCUT2D eigenvalue weighted by Gasteiger charge is -2.34. The van der Waals surface area contributed by atoms with Crippen LogP contribution in [0.2, 0.25) is 5.15 Å². The fourth-order valence-electron chi connectivity index (χ4n) is 3.81. The number of amides is 1. The van der Waals surface area contributed by atoms with Crippen molar-refractivity contribution in [1.29, 1.82) is 0 Å². The first-order valence-electron chi connectivity index (χ1n) is 10.5. The highest BCUT2D eigenvalue weighted by molar-refractivity contribution is 6.29. The monoisotopic (exact) mass is 422 g/mol.